The maximum absolute atomic E-state index is 12.4. The van der Waals surface area contributed by atoms with E-state index in [0.717, 1.165) is 0 Å². The molecule has 0 spiro atoms. The first kappa shape index (κ1) is 15.0. The molecule has 1 heterocycles. The zero-order valence-corrected chi connectivity index (χ0v) is 12.5. The monoisotopic (exact) mass is 254 g/mol. The SMILES string of the molecule is CC(C)C(C)(C)CN1CCC(=O)NC(C)(C)C1=O. The van der Waals surface area contributed by atoms with Gasteiger partial charge < -0.3 is 10.2 Å². The molecule has 0 aromatic heterocycles. The van der Waals surface area contributed by atoms with Crippen LogP contribution in [0, 0.1) is 11.3 Å². The fraction of sp³-hybridized carbons (Fsp3) is 0.857. The number of carbonyl (C=O) groups is 2. The fourth-order valence-corrected chi connectivity index (χ4v) is 2.02. The van der Waals surface area contributed by atoms with Crippen LogP contribution in [0.4, 0.5) is 0 Å². The molecule has 0 aromatic carbocycles. The zero-order chi connectivity index (χ0) is 14.1. The Morgan fingerprint density at radius 3 is 2.39 bits per heavy atom. The van der Waals surface area contributed by atoms with Gasteiger partial charge in [-0.25, -0.2) is 0 Å². The zero-order valence-electron chi connectivity index (χ0n) is 12.5. The molecule has 0 unspecified atom stereocenters. The summed E-state index contributed by atoms with van der Waals surface area (Å²) in [5.74, 6) is 0.459. The summed E-state index contributed by atoms with van der Waals surface area (Å²) in [5, 5.41) is 2.78. The van der Waals surface area contributed by atoms with E-state index in [-0.39, 0.29) is 17.2 Å². The first-order valence-corrected chi connectivity index (χ1v) is 6.66. The smallest absolute Gasteiger partial charge is 0.247 e. The third-order valence-corrected chi connectivity index (χ3v) is 4.04. The molecule has 0 aromatic rings. The Labute approximate surface area is 110 Å². The van der Waals surface area contributed by atoms with Crippen LogP contribution >= 0.6 is 0 Å². The molecule has 0 radical (unpaired) electrons. The molecular formula is C14H26N2O2. The van der Waals surface area contributed by atoms with Gasteiger partial charge in [0.05, 0.1) is 0 Å². The van der Waals surface area contributed by atoms with Crippen molar-refractivity contribution < 1.29 is 9.59 Å². The van der Waals surface area contributed by atoms with Crippen molar-refractivity contribution in [2.24, 2.45) is 11.3 Å². The highest BCUT2D eigenvalue weighted by Crippen LogP contribution is 2.28. The van der Waals surface area contributed by atoms with Gasteiger partial charge in [0.25, 0.3) is 0 Å². The lowest BCUT2D eigenvalue weighted by Gasteiger charge is -2.37. The Hall–Kier alpha value is -1.06. The van der Waals surface area contributed by atoms with Crippen LogP contribution in [0.5, 0.6) is 0 Å². The number of hydrogen-bond donors (Lipinski definition) is 1. The van der Waals surface area contributed by atoms with E-state index in [1.807, 2.05) is 4.90 Å². The minimum absolute atomic E-state index is 0.0158. The Balaban J connectivity index is 2.88. The lowest BCUT2D eigenvalue weighted by Crippen LogP contribution is -2.54. The average Bonchev–Trinajstić information content (AvgIpc) is 2.29. The predicted octanol–water partition coefficient (Wildman–Crippen LogP) is 1.80. The summed E-state index contributed by atoms with van der Waals surface area (Å²) in [6.45, 7) is 13.4. The van der Waals surface area contributed by atoms with Gasteiger partial charge in [-0.3, -0.25) is 9.59 Å². The van der Waals surface area contributed by atoms with Gasteiger partial charge in [0.1, 0.15) is 5.54 Å². The van der Waals surface area contributed by atoms with E-state index in [2.05, 4.69) is 33.0 Å². The van der Waals surface area contributed by atoms with Gasteiger partial charge in [-0.2, -0.15) is 0 Å². The average molecular weight is 254 g/mol. The van der Waals surface area contributed by atoms with Crippen molar-refractivity contribution in [2.75, 3.05) is 13.1 Å². The molecule has 4 heteroatoms. The minimum Gasteiger partial charge on any atom is -0.342 e. The number of nitrogens with zero attached hydrogens (tertiary/aromatic N) is 1. The molecule has 1 rings (SSSR count). The van der Waals surface area contributed by atoms with E-state index in [1.54, 1.807) is 13.8 Å². The first-order chi connectivity index (χ1) is 8.06. The van der Waals surface area contributed by atoms with Crippen LogP contribution in [0.15, 0.2) is 0 Å². The van der Waals surface area contributed by atoms with Crippen molar-refractivity contribution in [3.05, 3.63) is 0 Å². The molecule has 0 bridgehead atoms. The largest absolute Gasteiger partial charge is 0.342 e. The van der Waals surface area contributed by atoms with E-state index in [0.29, 0.717) is 25.4 Å². The van der Waals surface area contributed by atoms with Crippen LogP contribution in [0.25, 0.3) is 0 Å². The summed E-state index contributed by atoms with van der Waals surface area (Å²) in [4.78, 5) is 25.9. The summed E-state index contributed by atoms with van der Waals surface area (Å²) in [7, 11) is 0. The standard InChI is InChI=1S/C14H26N2O2/c1-10(2)13(3,4)9-16-8-7-11(17)15-14(5,6)12(16)18/h10H,7-9H2,1-6H3,(H,15,17). The molecular weight excluding hydrogens is 228 g/mol. The molecule has 0 saturated carbocycles. The van der Waals surface area contributed by atoms with Gasteiger partial charge in [0.2, 0.25) is 11.8 Å². The summed E-state index contributed by atoms with van der Waals surface area (Å²) in [6, 6.07) is 0. The van der Waals surface area contributed by atoms with E-state index in [1.165, 1.54) is 0 Å². The van der Waals surface area contributed by atoms with Crippen LogP contribution in [0.1, 0.15) is 48.0 Å². The lowest BCUT2D eigenvalue weighted by atomic mass is 9.80. The van der Waals surface area contributed by atoms with E-state index < -0.39 is 5.54 Å². The normalized spacial score (nSPS) is 20.9. The number of rotatable bonds is 3. The van der Waals surface area contributed by atoms with Crippen LogP contribution in [0.2, 0.25) is 0 Å². The van der Waals surface area contributed by atoms with Crippen molar-refractivity contribution in [1.82, 2.24) is 10.2 Å². The van der Waals surface area contributed by atoms with Gasteiger partial charge in [-0.1, -0.05) is 27.7 Å². The topological polar surface area (TPSA) is 49.4 Å². The third kappa shape index (κ3) is 3.24. The Bertz CT molecular complexity index is 346. The molecule has 104 valence electrons. The molecule has 4 nitrogen and oxygen atoms in total. The van der Waals surface area contributed by atoms with Gasteiger partial charge in [-0.05, 0) is 25.2 Å². The quantitative estimate of drug-likeness (QED) is 0.835. The summed E-state index contributed by atoms with van der Waals surface area (Å²) in [5.41, 5.74) is -0.736. The van der Waals surface area contributed by atoms with Gasteiger partial charge in [0, 0.05) is 19.5 Å². The summed E-state index contributed by atoms with van der Waals surface area (Å²) in [6.07, 6.45) is 0.392. The van der Waals surface area contributed by atoms with Gasteiger partial charge in [-0.15, -0.1) is 0 Å². The maximum atomic E-state index is 12.4. The number of hydrogen-bond acceptors (Lipinski definition) is 2. The van der Waals surface area contributed by atoms with Crippen molar-refractivity contribution in [2.45, 2.75) is 53.5 Å². The highest BCUT2D eigenvalue weighted by Gasteiger charge is 2.38. The first-order valence-electron chi connectivity index (χ1n) is 6.66. The van der Waals surface area contributed by atoms with Crippen LogP contribution < -0.4 is 5.32 Å². The van der Waals surface area contributed by atoms with E-state index in [4.69, 9.17) is 0 Å². The van der Waals surface area contributed by atoms with E-state index >= 15 is 0 Å². The second kappa shape index (κ2) is 4.90. The molecule has 2 amide bonds. The molecule has 1 saturated heterocycles. The van der Waals surface area contributed by atoms with Crippen LogP contribution in [-0.2, 0) is 9.59 Å². The highest BCUT2D eigenvalue weighted by molar-refractivity contribution is 5.92. The molecule has 0 aliphatic carbocycles. The number of carbonyl (C=O) groups excluding carboxylic acids is 2. The van der Waals surface area contributed by atoms with Crippen molar-refractivity contribution in [3.8, 4) is 0 Å². The van der Waals surface area contributed by atoms with Crippen molar-refractivity contribution in [3.63, 3.8) is 0 Å². The predicted molar refractivity (Wildman–Crippen MR) is 72.0 cm³/mol. The third-order valence-electron chi connectivity index (χ3n) is 4.04. The number of amides is 2. The van der Waals surface area contributed by atoms with Crippen LogP contribution in [0.3, 0.4) is 0 Å². The van der Waals surface area contributed by atoms with Gasteiger partial charge >= 0.3 is 0 Å². The number of nitrogens with one attached hydrogen (secondary N) is 1. The molecule has 0 atom stereocenters. The molecule has 18 heavy (non-hydrogen) atoms. The fourth-order valence-electron chi connectivity index (χ4n) is 2.02. The Kier molecular flexibility index (Phi) is 4.08. The van der Waals surface area contributed by atoms with Crippen LogP contribution in [-0.4, -0.2) is 35.3 Å². The van der Waals surface area contributed by atoms with Crippen molar-refractivity contribution >= 4 is 11.8 Å². The molecule has 1 aliphatic rings. The van der Waals surface area contributed by atoms with Gasteiger partial charge in [0.15, 0.2) is 0 Å². The second-order valence-electron chi connectivity index (χ2n) is 6.79. The Morgan fingerprint density at radius 1 is 1.33 bits per heavy atom. The Morgan fingerprint density at radius 2 is 1.89 bits per heavy atom. The van der Waals surface area contributed by atoms with E-state index in [9.17, 15) is 9.59 Å². The maximum Gasteiger partial charge on any atom is 0.247 e. The highest BCUT2D eigenvalue weighted by atomic mass is 16.2. The minimum atomic E-state index is -0.791. The van der Waals surface area contributed by atoms with Crippen molar-refractivity contribution in [1.29, 1.82) is 0 Å². The molecule has 1 fully saturated rings. The lowest BCUT2D eigenvalue weighted by molar-refractivity contribution is -0.138. The summed E-state index contributed by atoms with van der Waals surface area (Å²) >= 11 is 0. The summed E-state index contributed by atoms with van der Waals surface area (Å²) < 4.78 is 0. The second-order valence-corrected chi connectivity index (χ2v) is 6.79. The molecule has 1 N–H and O–H groups in total. The molecule has 1 aliphatic heterocycles.